The maximum atomic E-state index is 12.7. The molecule has 0 saturated carbocycles. The Labute approximate surface area is 382 Å². The molecule has 0 amide bonds. The summed E-state index contributed by atoms with van der Waals surface area (Å²) in [5.74, 6) is -1.05. The van der Waals surface area contributed by atoms with E-state index >= 15 is 0 Å². The summed E-state index contributed by atoms with van der Waals surface area (Å²) < 4.78 is 16.6. The molecule has 0 aromatic rings. The number of unbranched alkanes of at least 4 members (excludes halogenated alkanes) is 24. The van der Waals surface area contributed by atoms with Crippen molar-refractivity contribution in [3.63, 3.8) is 0 Å². The molecule has 0 radical (unpaired) electrons. The van der Waals surface area contributed by atoms with Crippen molar-refractivity contribution in [1.29, 1.82) is 0 Å². The summed E-state index contributed by atoms with van der Waals surface area (Å²) in [6, 6.07) is 0. The van der Waals surface area contributed by atoms with Gasteiger partial charge in [0.25, 0.3) is 0 Å². The number of hydrogen-bond acceptors (Lipinski definition) is 6. The number of carbonyl (C=O) groups is 3. The third-order valence-corrected chi connectivity index (χ3v) is 11.0. The molecule has 0 aliphatic rings. The molecule has 0 aromatic carbocycles. The zero-order chi connectivity index (χ0) is 45.1. The smallest absolute Gasteiger partial charge is 0.310 e. The molecule has 6 nitrogen and oxygen atoms in total. The second-order valence-corrected chi connectivity index (χ2v) is 17.1. The third kappa shape index (κ3) is 47.9. The Morgan fingerprint density at radius 1 is 0.355 bits per heavy atom. The summed E-state index contributed by atoms with van der Waals surface area (Å²) in [6.07, 6.45) is 63.6. The lowest BCUT2D eigenvalue weighted by atomic mass is 10.1. The Hall–Kier alpha value is -3.15. The lowest BCUT2D eigenvalue weighted by Gasteiger charge is -2.18. The average Bonchev–Trinajstić information content (AvgIpc) is 3.27. The van der Waals surface area contributed by atoms with Crippen LogP contribution in [-0.4, -0.2) is 37.2 Å². The fourth-order valence-corrected chi connectivity index (χ4v) is 7.10. The van der Waals surface area contributed by atoms with Gasteiger partial charge in [-0.05, 0) is 70.6 Å². The van der Waals surface area contributed by atoms with E-state index in [0.717, 1.165) is 70.6 Å². The van der Waals surface area contributed by atoms with Gasteiger partial charge in [0, 0.05) is 12.8 Å². The van der Waals surface area contributed by atoms with E-state index in [2.05, 4.69) is 81.5 Å². The van der Waals surface area contributed by atoms with Gasteiger partial charge in [0.2, 0.25) is 0 Å². The third-order valence-electron chi connectivity index (χ3n) is 11.0. The Kier molecular flexibility index (Phi) is 47.9. The fourth-order valence-electron chi connectivity index (χ4n) is 7.10. The Morgan fingerprint density at radius 2 is 0.677 bits per heavy atom. The maximum absolute atomic E-state index is 12.7. The van der Waals surface area contributed by atoms with Crippen LogP contribution in [0.25, 0.3) is 0 Å². The highest BCUT2D eigenvalue weighted by molar-refractivity contribution is 5.72. The number of ether oxygens (including phenoxy) is 3. The van der Waals surface area contributed by atoms with E-state index < -0.39 is 12.1 Å². The number of carbonyl (C=O) groups excluding carboxylic acids is 3. The molecular weight excluding hydrogens is 769 g/mol. The van der Waals surface area contributed by atoms with Crippen LogP contribution in [0, 0.1) is 0 Å². The highest BCUT2D eigenvalue weighted by Crippen LogP contribution is 2.14. The molecule has 0 rings (SSSR count). The molecule has 0 aliphatic carbocycles. The number of allylic oxidation sites excluding steroid dienone is 11. The van der Waals surface area contributed by atoms with Crippen molar-refractivity contribution < 1.29 is 28.6 Å². The standard InChI is InChI=1S/C56H96O6/c1-4-7-10-13-16-19-21-23-25-26-27-28-29-30-32-33-35-37-40-43-46-49-55(58)61-52-53(51-60-54(57)48-45-42-39-18-15-12-9-6-3)62-56(59)50-47-44-41-38-36-34-31-24-22-20-17-14-11-8-5-2/h8,11,17,20,24,26-27,31,36,38,44,47,53H,4-7,9-10,12-16,18-19,21-23,25,28-30,32-35,37,39-43,45-46,48-52H2,1-3H3/b11-8-,20-17-,27-26-,31-24-,38-36-,47-44-. The van der Waals surface area contributed by atoms with Gasteiger partial charge in [-0.3, -0.25) is 14.4 Å². The topological polar surface area (TPSA) is 78.9 Å². The molecule has 0 saturated heterocycles. The van der Waals surface area contributed by atoms with Crippen molar-refractivity contribution in [3.05, 3.63) is 72.9 Å². The van der Waals surface area contributed by atoms with Gasteiger partial charge in [-0.2, -0.15) is 0 Å². The lowest BCUT2D eigenvalue weighted by molar-refractivity contribution is -0.166. The largest absolute Gasteiger partial charge is 0.462 e. The highest BCUT2D eigenvalue weighted by Gasteiger charge is 2.19. The van der Waals surface area contributed by atoms with Crippen LogP contribution < -0.4 is 0 Å². The Bertz CT molecular complexity index is 1180. The number of esters is 3. The maximum Gasteiger partial charge on any atom is 0.310 e. The molecule has 6 heteroatoms. The molecule has 0 aromatic heterocycles. The van der Waals surface area contributed by atoms with E-state index in [1.165, 1.54) is 135 Å². The first-order valence-electron chi connectivity index (χ1n) is 25.9. The summed E-state index contributed by atoms with van der Waals surface area (Å²) in [5, 5.41) is 0. The van der Waals surface area contributed by atoms with E-state index in [0.29, 0.717) is 12.8 Å². The van der Waals surface area contributed by atoms with Crippen molar-refractivity contribution in [3.8, 4) is 0 Å². The average molecular weight is 865 g/mol. The van der Waals surface area contributed by atoms with Crippen molar-refractivity contribution >= 4 is 17.9 Å². The molecule has 1 unspecified atom stereocenters. The van der Waals surface area contributed by atoms with Crippen LogP contribution >= 0.6 is 0 Å². The van der Waals surface area contributed by atoms with Gasteiger partial charge in [-0.15, -0.1) is 0 Å². The lowest BCUT2D eigenvalue weighted by Crippen LogP contribution is -2.30. The predicted molar refractivity (Wildman–Crippen MR) is 265 cm³/mol. The molecule has 0 fully saturated rings. The van der Waals surface area contributed by atoms with Crippen LogP contribution in [0.5, 0.6) is 0 Å². The summed E-state index contributed by atoms with van der Waals surface area (Å²) in [5.41, 5.74) is 0. The van der Waals surface area contributed by atoms with Crippen LogP contribution in [0.1, 0.15) is 245 Å². The minimum Gasteiger partial charge on any atom is -0.462 e. The number of hydrogen-bond donors (Lipinski definition) is 0. The molecule has 356 valence electrons. The van der Waals surface area contributed by atoms with Crippen molar-refractivity contribution in [2.24, 2.45) is 0 Å². The first-order chi connectivity index (χ1) is 30.5. The Balaban J connectivity index is 4.34. The van der Waals surface area contributed by atoms with Crippen molar-refractivity contribution in [2.45, 2.75) is 252 Å². The zero-order valence-electron chi connectivity index (χ0n) is 40.6. The first-order valence-corrected chi connectivity index (χ1v) is 25.9. The van der Waals surface area contributed by atoms with Crippen molar-refractivity contribution in [1.82, 2.24) is 0 Å². The van der Waals surface area contributed by atoms with Gasteiger partial charge in [0.15, 0.2) is 6.10 Å². The molecule has 0 N–H and O–H groups in total. The van der Waals surface area contributed by atoms with Gasteiger partial charge in [-0.1, -0.05) is 229 Å². The summed E-state index contributed by atoms with van der Waals surface area (Å²) in [4.78, 5) is 37.8. The van der Waals surface area contributed by atoms with E-state index in [9.17, 15) is 14.4 Å². The molecular formula is C56H96O6. The van der Waals surface area contributed by atoms with Crippen LogP contribution in [0.3, 0.4) is 0 Å². The predicted octanol–water partition coefficient (Wildman–Crippen LogP) is 17.0. The van der Waals surface area contributed by atoms with Gasteiger partial charge >= 0.3 is 17.9 Å². The molecule has 62 heavy (non-hydrogen) atoms. The van der Waals surface area contributed by atoms with E-state index in [-0.39, 0.29) is 31.6 Å². The summed E-state index contributed by atoms with van der Waals surface area (Å²) >= 11 is 0. The molecule has 0 heterocycles. The SMILES string of the molecule is CC/C=C\C/C=C\C/C=C\C/C=C\C/C=C\CC(=O)OC(COC(=O)CCCCCCCCCC)COC(=O)CCCCCCCCCCC/C=C\CCCCCCCCCC. The van der Waals surface area contributed by atoms with Crippen LogP contribution in [0.2, 0.25) is 0 Å². The quantitative estimate of drug-likeness (QED) is 0.0262. The van der Waals surface area contributed by atoms with Crippen LogP contribution in [0.15, 0.2) is 72.9 Å². The molecule has 1 atom stereocenters. The minimum absolute atomic E-state index is 0.0982. The van der Waals surface area contributed by atoms with Crippen molar-refractivity contribution in [2.75, 3.05) is 13.2 Å². The van der Waals surface area contributed by atoms with Gasteiger partial charge in [0.05, 0.1) is 6.42 Å². The minimum atomic E-state index is -0.826. The molecule has 0 bridgehead atoms. The second kappa shape index (κ2) is 50.5. The normalized spacial score (nSPS) is 12.6. The molecule has 0 aliphatic heterocycles. The Morgan fingerprint density at radius 3 is 1.05 bits per heavy atom. The van der Waals surface area contributed by atoms with Crippen LogP contribution in [-0.2, 0) is 28.6 Å². The highest BCUT2D eigenvalue weighted by atomic mass is 16.6. The van der Waals surface area contributed by atoms with E-state index in [4.69, 9.17) is 14.2 Å². The fraction of sp³-hybridized carbons (Fsp3) is 0.732. The van der Waals surface area contributed by atoms with E-state index in [1.54, 1.807) is 6.08 Å². The summed E-state index contributed by atoms with van der Waals surface area (Å²) in [7, 11) is 0. The summed E-state index contributed by atoms with van der Waals surface area (Å²) in [6.45, 7) is 6.41. The van der Waals surface area contributed by atoms with Gasteiger partial charge in [0.1, 0.15) is 13.2 Å². The second-order valence-electron chi connectivity index (χ2n) is 17.1. The zero-order valence-corrected chi connectivity index (χ0v) is 40.6. The molecule has 0 spiro atoms. The first kappa shape index (κ1) is 58.9. The van der Waals surface area contributed by atoms with Gasteiger partial charge < -0.3 is 14.2 Å². The van der Waals surface area contributed by atoms with Gasteiger partial charge in [-0.25, -0.2) is 0 Å². The number of rotatable bonds is 46. The van der Waals surface area contributed by atoms with Crippen LogP contribution in [0.4, 0.5) is 0 Å². The van der Waals surface area contributed by atoms with E-state index in [1.807, 2.05) is 6.08 Å². The monoisotopic (exact) mass is 865 g/mol.